The largest absolute Gasteiger partial charge is 0.508 e. The van der Waals surface area contributed by atoms with Gasteiger partial charge in [-0.05, 0) is 36.8 Å². The summed E-state index contributed by atoms with van der Waals surface area (Å²) in [6.07, 6.45) is 0.0739. The van der Waals surface area contributed by atoms with Crippen LogP contribution in [0.4, 0.5) is 11.4 Å². The Labute approximate surface area is 172 Å². The molecular weight excluding hydrogens is 388 g/mol. The second kappa shape index (κ2) is 8.28. The van der Waals surface area contributed by atoms with E-state index in [1.807, 2.05) is 19.0 Å². The molecule has 1 heterocycles. The van der Waals surface area contributed by atoms with E-state index in [0.717, 1.165) is 5.69 Å². The Bertz CT molecular complexity index is 1160. The Morgan fingerprint density at radius 2 is 1.80 bits per heavy atom. The fraction of sp³-hybridized carbons (Fsp3) is 0.227. The minimum absolute atomic E-state index is 0.0702. The van der Waals surface area contributed by atoms with Crippen LogP contribution in [0.15, 0.2) is 51.7 Å². The van der Waals surface area contributed by atoms with Gasteiger partial charge in [0.2, 0.25) is 0 Å². The Kier molecular flexibility index (Phi) is 5.77. The predicted octanol–water partition coefficient (Wildman–Crippen LogP) is 2.88. The zero-order valence-corrected chi connectivity index (χ0v) is 16.8. The molecule has 0 bridgehead atoms. The first-order chi connectivity index (χ1) is 14.2. The lowest BCUT2D eigenvalue weighted by Gasteiger charge is -2.20. The van der Waals surface area contributed by atoms with Crippen molar-refractivity contribution in [1.29, 1.82) is 0 Å². The van der Waals surface area contributed by atoms with E-state index in [0.29, 0.717) is 10.9 Å². The number of carbonyl (C=O) groups excluding carboxylic acids is 1. The predicted molar refractivity (Wildman–Crippen MR) is 114 cm³/mol. The van der Waals surface area contributed by atoms with Gasteiger partial charge < -0.3 is 24.8 Å². The molecule has 0 radical (unpaired) electrons. The molecule has 0 unspecified atom stereocenters. The molecular formula is C22H22N2O6. The number of benzene rings is 2. The summed E-state index contributed by atoms with van der Waals surface area (Å²) in [7, 11) is 3.67. The van der Waals surface area contributed by atoms with E-state index in [4.69, 9.17) is 4.42 Å². The van der Waals surface area contributed by atoms with Crippen LogP contribution in [0.1, 0.15) is 22.8 Å². The molecule has 2 aromatic carbocycles. The normalized spacial score (nSPS) is 11.8. The number of phenols is 1. The number of hydrogen-bond donors (Lipinski definition) is 3. The zero-order chi connectivity index (χ0) is 22.0. The minimum Gasteiger partial charge on any atom is -0.508 e. The third kappa shape index (κ3) is 4.27. The monoisotopic (exact) mass is 410 g/mol. The highest BCUT2D eigenvalue weighted by Gasteiger charge is 2.25. The summed E-state index contributed by atoms with van der Waals surface area (Å²) in [4.78, 5) is 38.4. The Hall–Kier alpha value is -3.81. The fourth-order valence-corrected chi connectivity index (χ4v) is 3.18. The maximum Gasteiger partial charge on any atom is 0.349 e. The summed E-state index contributed by atoms with van der Waals surface area (Å²) >= 11 is 0. The quantitative estimate of drug-likeness (QED) is 0.402. The standard InChI is InChI=1S/C22H22N2O6/c1-12(25)19-20(16-9-6-14(24(2)3)11-18(16)30-22(19)29)23-17(21(27)28)10-13-4-7-15(26)8-5-13/h4-9,11,17,23,26H,10H2,1-3H3,(H,27,28)/t17-/m0/s1. The number of anilines is 2. The van der Waals surface area contributed by atoms with Gasteiger partial charge in [-0.3, -0.25) is 4.79 Å². The van der Waals surface area contributed by atoms with Crippen molar-refractivity contribution in [3.63, 3.8) is 0 Å². The van der Waals surface area contributed by atoms with E-state index in [-0.39, 0.29) is 29.0 Å². The molecule has 0 amide bonds. The van der Waals surface area contributed by atoms with Crippen molar-refractivity contribution in [1.82, 2.24) is 0 Å². The average Bonchev–Trinajstić information content (AvgIpc) is 2.67. The Morgan fingerprint density at radius 1 is 1.13 bits per heavy atom. The maximum atomic E-state index is 12.5. The Morgan fingerprint density at radius 3 is 2.37 bits per heavy atom. The number of carbonyl (C=O) groups is 2. The number of hydrogen-bond acceptors (Lipinski definition) is 7. The molecule has 3 aromatic rings. The van der Waals surface area contributed by atoms with Gasteiger partial charge in [0.1, 0.15) is 22.9 Å². The summed E-state index contributed by atoms with van der Waals surface area (Å²) in [6.45, 7) is 1.23. The van der Waals surface area contributed by atoms with Gasteiger partial charge in [-0.2, -0.15) is 0 Å². The van der Waals surface area contributed by atoms with Crippen LogP contribution in [-0.4, -0.2) is 42.1 Å². The molecule has 8 heteroatoms. The van der Waals surface area contributed by atoms with Gasteiger partial charge in [0.25, 0.3) is 0 Å². The highest BCUT2D eigenvalue weighted by molar-refractivity contribution is 6.07. The second-order valence-electron chi connectivity index (χ2n) is 7.18. The van der Waals surface area contributed by atoms with Gasteiger partial charge in [-0.1, -0.05) is 12.1 Å². The molecule has 0 aliphatic carbocycles. The van der Waals surface area contributed by atoms with Crippen LogP contribution >= 0.6 is 0 Å². The van der Waals surface area contributed by atoms with E-state index in [9.17, 15) is 24.6 Å². The molecule has 30 heavy (non-hydrogen) atoms. The summed E-state index contributed by atoms with van der Waals surface area (Å²) in [5.41, 5.74) is 0.766. The number of rotatable bonds is 7. The lowest BCUT2D eigenvalue weighted by atomic mass is 10.0. The summed E-state index contributed by atoms with van der Waals surface area (Å²) in [5.74, 6) is -1.61. The van der Waals surface area contributed by atoms with Crippen LogP contribution in [0.5, 0.6) is 5.75 Å². The maximum absolute atomic E-state index is 12.5. The molecule has 1 atom stereocenters. The molecule has 3 rings (SSSR count). The molecule has 3 N–H and O–H groups in total. The summed E-state index contributed by atoms with van der Waals surface area (Å²) in [6, 6.07) is 10.1. The number of phenolic OH excluding ortho intramolecular Hbond substituents is 1. The molecule has 0 saturated carbocycles. The SMILES string of the molecule is CC(=O)c1c(N[C@@H](Cc2ccc(O)cc2)C(=O)O)c2ccc(N(C)C)cc2oc1=O. The summed E-state index contributed by atoms with van der Waals surface area (Å²) in [5, 5.41) is 22.5. The van der Waals surface area contributed by atoms with Crippen molar-refractivity contribution in [2.24, 2.45) is 0 Å². The molecule has 1 aromatic heterocycles. The number of Topliss-reactive ketones (excluding diaryl/α,β-unsaturated/α-hetero) is 1. The fourth-order valence-electron chi connectivity index (χ4n) is 3.18. The van der Waals surface area contributed by atoms with E-state index in [1.165, 1.54) is 19.1 Å². The molecule has 0 spiro atoms. The number of aromatic hydroxyl groups is 1. The Balaban J connectivity index is 2.12. The van der Waals surface area contributed by atoms with Gasteiger partial charge >= 0.3 is 11.6 Å². The van der Waals surface area contributed by atoms with Crippen LogP contribution in [0.25, 0.3) is 11.0 Å². The van der Waals surface area contributed by atoms with Crippen LogP contribution < -0.4 is 15.8 Å². The third-order valence-electron chi connectivity index (χ3n) is 4.75. The smallest absolute Gasteiger partial charge is 0.349 e. The number of ketones is 1. The average molecular weight is 410 g/mol. The van der Waals surface area contributed by atoms with Gasteiger partial charge in [-0.15, -0.1) is 0 Å². The molecule has 0 fully saturated rings. The van der Waals surface area contributed by atoms with E-state index in [1.54, 1.807) is 30.3 Å². The number of nitrogens with zero attached hydrogens (tertiary/aromatic N) is 1. The van der Waals surface area contributed by atoms with Crippen LogP contribution in [0, 0.1) is 0 Å². The van der Waals surface area contributed by atoms with Gasteiger partial charge in [0.15, 0.2) is 5.78 Å². The van der Waals surface area contributed by atoms with Crippen LogP contribution in [0.2, 0.25) is 0 Å². The van der Waals surface area contributed by atoms with Gasteiger partial charge in [0.05, 0.1) is 5.69 Å². The highest BCUT2D eigenvalue weighted by atomic mass is 16.4. The number of aliphatic carboxylic acids is 1. The first-order valence-corrected chi connectivity index (χ1v) is 9.23. The van der Waals surface area contributed by atoms with Crippen molar-refractivity contribution < 1.29 is 24.2 Å². The number of carboxylic acids is 1. The lowest BCUT2D eigenvalue weighted by Crippen LogP contribution is -2.33. The molecule has 156 valence electrons. The van der Waals surface area contributed by atoms with Crippen LogP contribution in [0.3, 0.4) is 0 Å². The second-order valence-corrected chi connectivity index (χ2v) is 7.18. The van der Waals surface area contributed by atoms with Gasteiger partial charge in [0, 0.05) is 37.7 Å². The first-order valence-electron chi connectivity index (χ1n) is 9.23. The number of carboxylic acid groups (broad SMARTS) is 1. The first kappa shape index (κ1) is 20.9. The van der Waals surface area contributed by atoms with Crippen molar-refractivity contribution in [2.45, 2.75) is 19.4 Å². The molecule has 0 saturated heterocycles. The number of nitrogens with one attached hydrogen (secondary N) is 1. The van der Waals surface area contributed by atoms with E-state index in [2.05, 4.69) is 5.32 Å². The molecule has 0 aliphatic rings. The van der Waals surface area contributed by atoms with Crippen molar-refractivity contribution >= 4 is 34.1 Å². The van der Waals surface area contributed by atoms with E-state index < -0.39 is 23.4 Å². The zero-order valence-electron chi connectivity index (χ0n) is 16.8. The molecule has 0 aliphatic heterocycles. The van der Waals surface area contributed by atoms with E-state index >= 15 is 0 Å². The third-order valence-corrected chi connectivity index (χ3v) is 4.75. The van der Waals surface area contributed by atoms with Crippen molar-refractivity contribution in [3.05, 3.63) is 64.0 Å². The molecule has 8 nitrogen and oxygen atoms in total. The van der Waals surface area contributed by atoms with Crippen molar-refractivity contribution in [2.75, 3.05) is 24.3 Å². The van der Waals surface area contributed by atoms with Crippen LogP contribution in [-0.2, 0) is 11.2 Å². The van der Waals surface area contributed by atoms with Crippen molar-refractivity contribution in [3.8, 4) is 5.75 Å². The van der Waals surface area contributed by atoms with Gasteiger partial charge in [-0.25, -0.2) is 9.59 Å². The highest BCUT2D eigenvalue weighted by Crippen LogP contribution is 2.30. The topological polar surface area (TPSA) is 120 Å². The number of fused-ring (bicyclic) bond motifs is 1. The minimum atomic E-state index is -1.15. The lowest BCUT2D eigenvalue weighted by molar-refractivity contribution is -0.137. The summed E-state index contributed by atoms with van der Waals surface area (Å²) < 4.78 is 5.34.